The number of carbonyl (C=O) groups excluding carboxylic acids is 2. The van der Waals surface area contributed by atoms with Crippen LogP contribution in [0.4, 0.5) is 0 Å². The average molecular weight is 251 g/mol. The Morgan fingerprint density at radius 2 is 1.88 bits per heavy atom. The zero-order valence-corrected chi connectivity index (χ0v) is 11.0. The molecule has 0 unspecified atom stereocenters. The van der Waals surface area contributed by atoms with Gasteiger partial charge in [-0.2, -0.15) is 0 Å². The molecule has 0 heterocycles. The smallest absolute Gasteiger partial charge is 0.338 e. The molecule has 1 radical (unpaired) electrons. The van der Waals surface area contributed by atoms with Crippen molar-refractivity contribution in [1.29, 1.82) is 0 Å². The predicted octanol–water partition coefficient (Wildman–Crippen LogP) is 2.84. The second-order valence-electron chi connectivity index (χ2n) is 4.46. The maximum atomic E-state index is 11.7. The van der Waals surface area contributed by atoms with E-state index in [1.54, 1.807) is 30.6 Å². The number of rotatable bonds is 4. The minimum Gasteiger partial charge on any atom is -0.456 e. The minimum atomic E-state index is -0.489. The van der Waals surface area contributed by atoms with Crippen molar-refractivity contribution < 1.29 is 14.3 Å². The van der Waals surface area contributed by atoms with Crippen molar-refractivity contribution in [2.45, 2.75) is 31.3 Å². The van der Waals surface area contributed by atoms with E-state index in [0.717, 1.165) is 4.90 Å². The molecule has 3 nitrogen and oxygen atoms in total. The quantitative estimate of drug-likeness (QED) is 0.609. The van der Waals surface area contributed by atoms with Gasteiger partial charge < -0.3 is 4.74 Å². The molecule has 0 atom stereocenters. The molecular formula is C13H15O3S. The fraction of sp³-hybridized carbons (Fsp3) is 0.385. The highest BCUT2D eigenvalue weighted by Gasteiger charge is 2.17. The lowest BCUT2D eigenvalue weighted by Crippen LogP contribution is -2.23. The van der Waals surface area contributed by atoms with Gasteiger partial charge in [-0.05, 0) is 45.0 Å². The van der Waals surface area contributed by atoms with E-state index < -0.39 is 5.60 Å². The van der Waals surface area contributed by atoms with E-state index in [1.807, 2.05) is 20.8 Å². The van der Waals surface area contributed by atoms with E-state index in [-0.39, 0.29) is 5.97 Å². The van der Waals surface area contributed by atoms with E-state index >= 15 is 0 Å². The second kappa shape index (κ2) is 5.87. The summed E-state index contributed by atoms with van der Waals surface area (Å²) in [5, 5.41) is 0. The Bertz CT molecular complexity index is 390. The average Bonchev–Trinajstić information content (AvgIpc) is 2.24. The molecule has 0 bridgehead atoms. The van der Waals surface area contributed by atoms with E-state index in [0.29, 0.717) is 11.3 Å². The van der Waals surface area contributed by atoms with Crippen molar-refractivity contribution in [3.05, 3.63) is 29.8 Å². The highest BCUT2D eigenvalue weighted by atomic mass is 32.2. The van der Waals surface area contributed by atoms with Crippen LogP contribution in [0, 0.1) is 0 Å². The number of benzene rings is 1. The summed E-state index contributed by atoms with van der Waals surface area (Å²) in [4.78, 5) is 22.7. The molecular weight excluding hydrogens is 236 g/mol. The summed E-state index contributed by atoms with van der Waals surface area (Å²) in [6, 6.07) is 6.98. The van der Waals surface area contributed by atoms with Crippen molar-refractivity contribution >= 4 is 24.0 Å². The van der Waals surface area contributed by atoms with Gasteiger partial charge in [0, 0.05) is 4.90 Å². The second-order valence-corrected chi connectivity index (χ2v) is 5.51. The lowest BCUT2D eigenvalue weighted by Gasteiger charge is -2.19. The first kappa shape index (κ1) is 13.8. The van der Waals surface area contributed by atoms with Crippen LogP contribution in [0.15, 0.2) is 29.2 Å². The van der Waals surface area contributed by atoms with Gasteiger partial charge in [0.05, 0.1) is 11.3 Å². The van der Waals surface area contributed by atoms with Crippen molar-refractivity contribution in [3.63, 3.8) is 0 Å². The topological polar surface area (TPSA) is 43.4 Å². The van der Waals surface area contributed by atoms with Gasteiger partial charge in [-0.3, -0.25) is 4.79 Å². The van der Waals surface area contributed by atoms with Crippen LogP contribution >= 0.6 is 11.8 Å². The monoisotopic (exact) mass is 251 g/mol. The maximum Gasteiger partial charge on any atom is 0.338 e. The third-order valence-corrected chi connectivity index (χ3v) is 2.65. The van der Waals surface area contributed by atoms with Gasteiger partial charge in [0.1, 0.15) is 5.60 Å². The van der Waals surface area contributed by atoms with E-state index in [2.05, 4.69) is 0 Å². The molecule has 0 aliphatic carbocycles. The number of esters is 1. The van der Waals surface area contributed by atoms with E-state index in [9.17, 15) is 9.59 Å². The van der Waals surface area contributed by atoms with Crippen LogP contribution in [0.25, 0.3) is 0 Å². The molecule has 0 amide bonds. The van der Waals surface area contributed by atoms with Crippen LogP contribution in [0.3, 0.4) is 0 Å². The predicted molar refractivity (Wildman–Crippen MR) is 68.0 cm³/mol. The zero-order chi connectivity index (χ0) is 12.9. The highest BCUT2D eigenvalue weighted by molar-refractivity contribution is 7.99. The number of hydrogen-bond donors (Lipinski definition) is 0. The van der Waals surface area contributed by atoms with E-state index in [1.165, 1.54) is 11.8 Å². The summed E-state index contributed by atoms with van der Waals surface area (Å²) in [5.41, 5.74) is 0.0242. The molecule has 91 valence electrons. The summed E-state index contributed by atoms with van der Waals surface area (Å²) >= 11 is 1.38. The number of ether oxygens (including phenoxy) is 1. The molecule has 0 spiro atoms. The van der Waals surface area contributed by atoms with Crippen LogP contribution in [0.1, 0.15) is 31.1 Å². The Hall–Kier alpha value is -1.29. The summed E-state index contributed by atoms with van der Waals surface area (Å²) in [5.74, 6) is -0.0396. The SMILES string of the molecule is CC(C)(C)OC(=O)c1ccc(SC[C]=O)cc1. The minimum absolute atomic E-state index is 0.297. The molecule has 1 aromatic carbocycles. The van der Waals surface area contributed by atoms with Gasteiger partial charge in [-0.15, -0.1) is 11.8 Å². The number of carbonyl (C=O) groups is 1. The summed E-state index contributed by atoms with van der Waals surface area (Å²) < 4.78 is 5.24. The van der Waals surface area contributed by atoms with Crippen LogP contribution in [-0.4, -0.2) is 23.6 Å². The van der Waals surface area contributed by atoms with Crippen LogP contribution in [0.2, 0.25) is 0 Å². The van der Waals surface area contributed by atoms with Crippen LogP contribution in [0.5, 0.6) is 0 Å². The Balaban J connectivity index is 2.67. The van der Waals surface area contributed by atoms with Crippen molar-refractivity contribution in [1.82, 2.24) is 0 Å². The van der Waals surface area contributed by atoms with Crippen LogP contribution < -0.4 is 0 Å². The highest BCUT2D eigenvalue weighted by Crippen LogP contribution is 2.19. The van der Waals surface area contributed by atoms with E-state index in [4.69, 9.17) is 4.74 Å². The normalized spacial score (nSPS) is 11.0. The standard InChI is InChI=1S/C13H15O3S/c1-13(2,3)16-12(15)10-4-6-11(7-5-10)17-9-8-14/h4-7H,9H2,1-3H3. The summed E-state index contributed by atoms with van der Waals surface area (Å²) in [7, 11) is 0. The fourth-order valence-electron chi connectivity index (χ4n) is 1.14. The molecule has 17 heavy (non-hydrogen) atoms. The van der Waals surface area contributed by atoms with Gasteiger partial charge in [-0.25, -0.2) is 4.79 Å². The van der Waals surface area contributed by atoms with Gasteiger partial charge in [-0.1, -0.05) is 0 Å². The summed E-state index contributed by atoms with van der Waals surface area (Å²) in [6.07, 6.45) is 1.81. The zero-order valence-electron chi connectivity index (χ0n) is 10.1. The molecule has 0 saturated heterocycles. The third-order valence-electron chi connectivity index (χ3n) is 1.79. The van der Waals surface area contributed by atoms with Gasteiger partial charge >= 0.3 is 5.97 Å². The molecule has 0 aromatic heterocycles. The van der Waals surface area contributed by atoms with Crippen LogP contribution in [-0.2, 0) is 9.53 Å². The van der Waals surface area contributed by atoms with Crippen molar-refractivity contribution in [2.24, 2.45) is 0 Å². The Morgan fingerprint density at radius 1 is 1.29 bits per heavy atom. The molecule has 1 rings (SSSR count). The van der Waals surface area contributed by atoms with Gasteiger partial charge in [0.2, 0.25) is 6.29 Å². The molecule has 0 saturated carbocycles. The summed E-state index contributed by atoms with van der Waals surface area (Å²) in [6.45, 7) is 5.49. The molecule has 0 N–H and O–H groups in total. The Labute approximate surface area is 106 Å². The molecule has 0 aliphatic rings. The van der Waals surface area contributed by atoms with Gasteiger partial charge in [0.25, 0.3) is 0 Å². The largest absolute Gasteiger partial charge is 0.456 e. The maximum absolute atomic E-state index is 11.7. The molecule has 4 heteroatoms. The Morgan fingerprint density at radius 3 is 2.35 bits per heavy atom. The molecule has 0 fully saturated rings. The van der Waals surface area contributed by atoms with Crippen molar-refractivity contribution in [3.8, 4) is 0 Å². The lowest BCUT2D eigenvalue weighted by molar-refractivity contribution is 0.00695. The third kappa shape index (κ3) is 5.04. The Kier molecular flexibility index (Phi) is 4.75. The first-order valence-electron chi connectivity index (χ1n) is 5.23. The molecule has 1 aromatic rings. The first-order valence-corrected chi connectivity index (χ1v) is 6.22. The number of hydrogen-bond acceptors (Lipinski definition) is 4. The number of thioether (sulfide) groups is 1. The lowest BCUT2D eigenvalue weighted by atomic mass is 10.2. The molecule has 0 aliphatic heterocycles. The first-order chi connectivity index (χ1) is 7.92. The van der Waals surface area contributed by atoms with Gasteiger partial charge in [0.15, 0.2) is 0 Å². The fourth-order valence-corrected chi connectivity index (χ4v) is 1.69. The van der Waals surface area contributed by atoms with Crippen molar-refractivity contribution in [2.75, 3.05) is 5.75 Å².